The number of hydrogen-bond donors (Lipinski definition) is 2. The average Bonchev–Trinajstić information content (AvgIpc) is 3.62. The Kier molecular flexibility index (Phi) is 5.06. The van der Waals surface area contributed by atoms with Crippen LogP contribution in [0.4, 0.5) is 17.3 Å². The molecule has 0 bridgehead atoms. The van der Waals surface area contributed by atoms with E-state index in [9.17, 15) is 4.79 Å². The molecule has 2 aliphatic rings. The number of morpholine rings is 1. The molecule has 0 unspecified atom stereocenters. The number of fused-ring (bicyclic) bond motifs is 2. The number of rotatable bonds is 5. The number of benzene rings is 1. The molecule has 6 rings (SSSR count). The zero-order valence-electron chi connectivity index (χ0n) is 19.2. The third kappa shape index (κ3) is 3.81. The predicted octanol–water partition coefficient (Wildman–Crippen LogP) is 4.05. The highest BCUT2D eigenvalue weighted by molar-refractivity contribution is 6.03. The van der Waals surface area contributed by atoms with Crippen molar-refractivity contribution in [1.29, 1.82) is 0 Å². The highest BCUT2D eigenvalue weighted by Crippen LogP contribution is 2.35. The molecule has 0 spiro atoms. The smallest absolute Gasteiger partial charge is 0.229 e. The number of hydrogen-bond acceptors (Lipinski definition) is 8. The Morgan fingerprint density at radius 2 is 2.03 bits per heavy atom. The van der Waals surface area contributed by atoms with Crippen LogP contribution in [-0.2, 0) is 9.53 Å². The van der Waals surface area contributed by atoms with Gasteiger partial charge in [0.2, 0.25) is 11.8 Å². The summed E-state index contributed by atoms with van der Waals surface area (Å²) in [6.07, 6.45) is 5.54. The molecule has 4 heterocycles. The van der Waals surface area contributed by atoms with Crippen LogP contribution < -0.4 is 15.5 Å². The van der Waals surface area contributed by atoms with Gasteiger partial charge in [-0.2, -0.15) is 0 Å². The van der Waals surface area contributed by atoms with Crippen LogP contribution in [0.3, 0.4) is 0 Å². The molecule has 0 radical (unpaired) electrons. The van der Waals surface area contributed by atoms with Gasteiger partial charge in [0.05, 0.1) is 18.3 Å². The molecular weight excluding hydrogens is 432 g/mol. The van der Waals surface area contributed by atoms with Gasteiger partial charge in [-0.1, -0.05) is 0 Å². The molecule has 1 saturated heterocycles. The molecule has 9 nitrogen and oxygen atoms in total. The predicted molar refractivity (Wildman–Crippen MR) is 131 cm³/mol. The number of carbonyl (C=O) groups is 1. The van der Waals surface area contributed by atoms with E-state index in [1.807, 2.05) is 19.2 Å². The Balaban J connectivity index is 1.40. The first-order valence-electron chi connectivity index (χ1n) is 11.6. The van der Waals surface area contributed by atoms with Gasteiger partial charge in [-0.05, 0) is 44.0 Å². The monoisotopic (exact) mass is 458 g/mol. The maximum absolute atomic E-state index is 12.3. The summed E-state index contributed by atoms with van der Waals surface area (Å²) in [5.41, 5.74) is 3.34. The van der Waals surface area contributed by atoms with Gasteiger partial charge in [-0.25, -0.2) is 15.0 Å². The lowest BCUT2D eigenvalue weighted by Gasteiger charge is -2.32. The third-order valence-electron chi connectivity index (χ3n) is 6.42. The quantitative estimate of drug-likeness (QED) is 0.461. The first-order valence-corrected chi connectivity index (χ1v) is 11.6. The van der Waals surface area contributed by atoms with Crippen LogP contribution in [0.5, 0.6) is 0 Å². The van der Waals surface area contributed by atoms with Crippen molar-refractivity contribution in [2.24, 2.45) is 5.92 Å². The Hall–Kier alpha value is -3.72. The second-order valence-corrected chi connectivity index (χ2v) is 8.95. The summed E-state index contributed by atoms with van der Waals surface area (Å²) < 4.78 is 11.8. The average molecular weight is 459 g/mol. The van der Waals surface area contributed by atoms with E-state index in [0.717, 1.165) is 53.5 Å². The molecule has 1 saturated carbocycles. The normalized spacial score (nSPS) is 18.4. The van der Waals surface area contributed by atoms with Crippen LogP contribution in [0.25, 0.3) is 33.3 Å². The number of pyridine rings is 2. The minimum Gasteiger partial charge on any atom is -0.436 e. The van der Waals surface area contributed by atoms with Gasteiger partial charge in [-0.3, -0.25) is 4.79 Å². The highest BCUT2D eigenvalue weighted by Gasteiger charge is 2.30. The number of nitrogens with one attached hydrogen (secondary N) is 2. The summed E-state index contributed by atoms with van der Waals surface area (Å²) >= 11 is 0. The van der Waals surface area contributed by atoms with E-state index >= 15 is 0 Å². The Morgan fingerprint density at radius 3 is 2.82 bits per heavy atom. The zero-order chi connectivity index (χ0) is 23.2. The van der Waals surface area contributed by atoms with E-state index in [2.05, 4.69) is 44.6 Å². The molecule has 9 heteroatoms. The van der Waals surface area contributed by atoms with Crippen molar-refractivity contribution in [3.63, 3.8) is 0 Å². The van der Waals surface area contributed by atoms with E-state index in [4.69, 9.17) is 14.1 Å². The van der Waals surface area contributed by atoms with Gasteiger partial charge in [0.15, 0.2) is 5.58 Å². The largest absolute Gasteiger partial charge is 0.436 e. The number of nitrogens with zero attached hydrogens (tertiary/aromatic N) is 4. The minimum absolute atomic E-state index is 0.0168. The standard InChI is InChI=1S/C25H26N6O3/c1-14-13-31(7-8-33-14)16-5-6-21-20(9-16)29-25(34-21)19-12-28-23(26-2)18-11-27-22(10-17(18)19)30-24(32)15-3-4-15/h5-6,9-12,14-15H,3-4,7-8,13H2,1-2H3,(H,26,28)(H,27,30,32)/t14-/m1/s1. The van der Waals surface area contributed by atoms with Crippen LogP contribution in [-0.4, -0.2) is 53.7 Å². The second-order valence-electron chi connectivity index (χ2n) is 8.95. The summed E-state index contributed by atoms with van der Waals surface area (Å²) in [4.78, 5) is 28.3. The number of amides is 1. The summed E-state index contributed by atoms with van der Waals surface area (Å²) in [5, 5.41) is 7.72. The van der Waals surface area contributed by atoms with E-state index in [1.54, 1.807) is 12.4 Å². The molecule has 1 aromatic carbocycles. The Labute approximate surface area is 196 Å². The van der Waals surface area contributed by atoms with Crippen molar-refractivity contribution in [3.05, 3.63) is 36.7 Å². The van der Waals surface area contributed by atoms with Crippen molar-refractivity contribution < 1.29 is 13.9 Å². The molecule has 1 amide bonds. The lowest BCUT2D eigenvalue weighted by atomic mass is 10.1. The fourth-order valence-corrected chi connectivity index (χ4v) is 4.43. The van der Waals surface area contributed by atoms with Gasteiger partial charge in [0.1, 0.15) is 17.2 Å². The van der Waals surface area contributed by atoms with Crippen LogP contribution >= 0.6 is 0 Å². The third-order valence-corrected chi connectivity index (χ3v) is 6.42. The van der Waals surface area contributed by atoms with E-state index in [-0.39, 0.29) is 17.9 Å². The van der Waals surface area contributed by atoms with Crippen LogP contribution in [0.2, 0.25) is 0 Å². The SMILES string of the molecule is CNc1ncc(-c2nc3cc(N4CCO[C@H](C)C4)ccc3o2)c2cc(NC(=O)C3CC3)ncc12. The molecule has 1 atom stereocenters. The van der Waals surface area contributed by atoms with Gasteiger partial charge in [0.25, 0.3) is 0 Å². The van der Waals surface area contributed by atoms with Crippen molar-refractivity contribution in [2.45, 2.75) is 25.9 Å². The molecule has 34 heavy (non-hydrogen) atoms. The van der Waals surface area contributed by atoms with Crippen LogP contribution in [0.1, 0.15) is 19.8 Å². The number of carbonyl (C=O) groups excluding carboxylic acids is 1. The van der Waals surface area contributed by atoms with Gasteiger partial charge >= 0.3 is 0 Å². The highest BCUT2D eigenvalue weighted by atomic mass is 16.5. The van der Waals surface area contributed by atoms with Crippen molar-refractivity contribution in [2.75, 3.05) is 42.3 Å². The number of oxazole rings is 1. The lowest BCUT2D eigenvalue weighted by Crippen LogP contribution is -2.41. The van der Waals surface area contributed by atoms with Gasteiger partial charge in [0, 0.05) is 54.9 Å². The van der Waals surface area contributed by atoms with Gasteiger partial charge < -0.3 is 24.7 Å². The summed E-state index contributed by atoms with van der Waals surface area (Å²) in [5.74, 6) is 1.81. The maximum atomic E-state index is 12.3. The molecule has 1 aliphatic carbocycles. The van der Waals surface area contributed by atoms with Crippen LogP contribution in [0, 0.1) is 5.92 Å². The second kappa shape index (κ2) is 8.25. The minimum atomic E-state index is 0.0168. The fourth-order valence-electron chi connectivity index (χ4n) is 4.43. The molecule has 1 aliphatic heterocycles. The summed E-state index contributed by atoms with van der Waals surface area (Å²) in [6.45, 7) is 4.50. The zero-order valence-corrected chi connectivity index (χ0v) is 19.2. The number of anilines is 3. The topological polar surface area (TPSA) is 105 Å². The molecular formula is C25H26N6O3. The molecule has 2 fully saturated rings. The Morgan fingerprint density at radius 1 is 1.15 bits per heavy atom. The molecule has 4 aromatic rings. The van der Waals surface area contributed by atoms with Crippen molar-refractivity contribution >= 4 is 45.1 Å². The maximum Gasteiger partial charge on any atom is 0.229 e. The van der Waals surface area contributed by atoms with Crippen molar-refractivity contribution in [3.8, 4) is 11.5 Å². The first-order chi connectivity index (χ1) is 16.6. The number of aromatic nitrogens is 3. The molecule has 3 aromatic heterocycles. The number of ether oxygens (including phenoxy) is 1. The van der Waals surface area contributed by atoms with E-state index in [1.165, 1.54) is 0 Å². The summed E-state index contributed by atoms with van der Waals surface area (Å²) in [6, 6.07) is 7.94. The van der Waals surface area contributed by atoms with Crippen molar-refractivity contribution in [1.82, 2.24) is 15.0 Å². The fraction of sp³-hybridized carbons (Fsp3) is 0.360. The molecule has 2 N–H and O–H groups in total. The first kappa shape index (κ1) is 20.9. The van der Waals surface area contributed by atoms with E-state index < -0.39 is 0 Å². The summed E-state index contributed by atoms with van der Waals surface area (Å²) in [7, 11) is 1.82. The van der Waals surface area contributed by atoms with Crippen LogP contribution in [0.15, 0.2) is 41.1 Å². The van der Waals surface area contributed by atoms with Gasteiger partial charge in [-0.15, -0.1) is 0 Å². The van der Waals surface area contributed by atoms with E-state index in [0.29, 0.717) is 29.7 Å². The molecule has 174 valence electrons. The lowest BCUT2D eigenvalue weighted by molar-refractivity contribution is -0.117. The Bertz CT molecular complexity index is 1400.